The lowest BCUT2D eigenvalue weighted by Crippen LogP contribution is -2.18. The van der Waals surface area contributed by atoms with Gasteiger partial charge in [0.2, 0.25) is 0 Å². The number of hydrogen-bond donors (Lipinski definition) is 0. The van der Waals surface area contributed by atoms with E-state index in [-0.39, 0.29) is 12.7 Å². The van der Waals surface area contributed by atoms with Crippen LogP contribution in [0.4, 0.5) is 0 Å². The highest BCUT2D eigenvalue weighted by molar-refractivity contribution is 5.02. The molecule has 0 fully saturated rings. The molecular formula is C14H25NO5. The molecule has 1 aromatic heterocycles. The quantitative estimate of drug-likeness (QED) is 0.610. The van der Waals surface area contributed by atoms with Gasteiger partial charge in [0.05, 0.1) is 12.7 Å². The van der Waals surface area contributed by atoms with Crippen LogP contribution in [0.25, 0.3) is 0 Å². The predicted octanol–water partition coefficient (Wildman–Crippen LogP) is 1.67. The molecule has 0 aliphatic heterocycles. The van der Waals surface area contributed by atoms with Crippen LogP contribution in [0.15, 0.2) is 13.6 Å². The van der Waals surface area contributed by atoms with Crippen LogP contribution in [0.2, 0.25) is 0 Å². The van der Waals surface area contributed by atoms with Crippen molar-refractivity contribution in [1.82, 2.24) is 4.90 Å². The lowest BCUT2D eigenvalue weighted by atomic mass is 10.2. The summed E-state index contributed by atoms with van der Waals surface area (Å²) in [6, 6.07) is 0. The summed E-state index contributed by atoms with van der Waals surface area (Å²) in [5.41, 5.74) is 0. The molecule has 0 aliphatic rings. The molecule has 0 saturated heterocycles. The van der Waals surface area contributed by atoms with E-state index in [2.05, 4.69) is 4.90 Å². The number of hydrogen-bond acceptors (Lipinski definition) is 6. The van der Waals surface area contributed by atoms with Crippen LogP contribution in [0.3, 0.4) is 0 Å². The largest absolute Gasteiger partial charge is 0.519 e. The minimum atomic E-state index is -0.670. The molecule has 1 heterocycles. The third-order valence-electron chi connectivity index (χ3n) is 2.65. The standard InChI is InChI=1S/C14H25NO5/c1-11(2)18-10-13-12(19-14(16)20-13)6-5-8-17-9-7-15(3)4/h11H,5-10H2,1-4H3. The van der Waals surface area contributed by atoms with Gasteiger partial charge in [0.25, 0.3) is 0 Å². The lowest BCUT2D eigenvalue weighted by Gasteiger charge is -2.09. The van der Waals surface area contributed by atoms with E-state index in [4.69, 9.17) is 18.3 Å². The third kappa shape index (κ3) is 6.88. The summed E-state index contributed by atoms with van der Waals surface area (Å²) in [7, 11) is 4.01. The molecule has 0 saturated carbocycles. The van der Waals surface area contributed by atoms with Gasteiger partial charge in [-0.25, -0.2) is 4.79 Å². The van der Waals surface area contributed by atoms with Crippen molar-refractivity contribution in [2.45, 2.75) is 39.4 Å². The average molecular weight is 287 g/mol. The van der Waals surface area contributed by atoms with E-state index in [1.165, 1.54) is 0 Å². The monoisotopic (exact) mass is 287 g/mol. The van der Waals surface area contributed by atoms with Gasteiger partial charge in [-0.05, 0) is 34.4 Å². The van der Waals surface area contributed by atoms with E-state index in [1.54, 1.807) is 0 Å². The Morgan fingerprint density at radius 2 is 1.85 bits per heavy atom. The van der Waals surface area contributed by atoms with Crippen LogP contribution in [0.5, 0.6) is 0 Å². The van der Waals surface area contributed by atoms with E-state index < -0.39 is 5.82 Å². The molecule has 1 rings (SSSR count). The Balaban J connectivity index is 2.30. The second-order valence-electron chi connectivity index (χ2n) is 5.18. The van der Waals surface area contributed by atoms with Crippen LogP contribution in [-0.2, 0) is 22.5 Å². The number of ether oxygens (including phenoxy) is 2. The first kappa shape index (κ1) is 16.9. The number of nitrogens with zero attached hydrogens (tertiary/aromatic N) is 1. The highest BCUT2D eigenvalue weighted by Crippen LogP contribution is 2.12. The minimum absolute atomic E-state index is 0.0809. The summed E-state index contributed by atoms with van der Waals surface area (Å²) >= 11 is 0. The fourth-order valence-electron chi connectivity index (χ4n) is 1.56. The van der Waals surface area contributed by atoms with Gasteiger partial charge in [-0.2, -0.15) is 0 Å². The lowest BCUT2D eigenvalue weighted by molar-refractivity contribution is 0.0531. The highest BCUT2D eigenvalue weighted by Gasteiger charge is 2.13. The van der Waals surface area contributed by atoms with Gasteiger partial charge in [-0.15, -0.1) is 0 Å². The van der Waals surface area contributed by atoms with Gasteiger partial charge in [-0.3, -0.25) is 0 Å². The van der Waals surface area contributed by atoms with Gasteiger partial charge < -0.3 is 23.2 Å². The van der Waals surface area contributed by atoms with Gasteiger partial charge in [0.1, 0.15) is 6.61 Å². The fourth-order valence-corrected chi connectivity index (χ4v) is 1.56. The van der Waals surface area contributed by atoms with Crippen molar-refractivity contribution >= 4 is 0 Å². The van der Waals surface area contributed by atoms with Gasteiger partial charge in [-0.1, -0.05) is 0 Å². The summed E-state index contributed by atoms with van der Waals surface area (Å²) in [4.78, 5) is 13.2. The van der Waals surface area contributed by atoms with E-state index in [0.29, 0.717) is 31.2 Å². The van der Waals surface area contributed by atoms with Crippen LogP contribution in [0, 0.1) is 0 Å². The molecule has 0 atom stereocenters. The molecule has 1 aromatic rings. The second kappa shape index (κ2) is 8.94. The maximum absolute atomic E-state index is 11.1. The van der Waals surface area contributed by atoms with E-state index >= 15 is 0 Å². The maximum atomic E-state index is 11.1. The van der Waals surface area contributed by atoms with E-state index in [9.17, 15) is 4.79 Å². The first-order valence-corrected chi connectivity index (χ1v) is 6.94. The molecule has 0 bridgehead atoms. The van der Waals surface area contributed by atoms with Crippen LogP contribution >= 0.6 is 0 Å². The molecule has 6 heteroatoms. The molecule has 0 spiro atoms. The fraction of sp³-hybridized carbons (Fsp3) is 0.786. The minimum Gasteiger partial charge on any atom is -0.396 e. The topological polar surface area (TPSA) is 65.0 Å². The Labute approximate surface area is 119 Å². The molecule has 0 radical (unpaired) electrons. The van der Waals surface area contributed by atoms with Crippen LogP contribution in [0.1, 0.15) is 31.8 Å². The highest BCUT2D eigenvalue weighted by atomic mass is 16.6. The maximum Gasteiger partial charge on any atom is 0.519 e. The van der Waals surface area contributed by atoms with Crippen molar-refractivity contribution in [2.75, 3.05) is 33.9 Å². The second-order valence-corrected chi connectivity index (χ2v) is 5.18. The normalized spacial score (nSPS) is 11.7. The number of likely N-dealkylation sites (N-methyl/N-ethyl adjacent to an activating group) is 1. The van der Waals surface area contributed by atoms with Gasteiger partial charge >= 0.3 is 5.82 Å². The molecule has 116 valence electrons. The first-order valence-electron chi connectivity index (χ1n) is 6.94. The zero-order chi connectivity index (χ0) is 15.0. The summed E-state index contributed by atoms with van der Waals surface area (Å²) in [5.74, 6) is 0.375. The Bertz CT molecular complexity index is 421. The molecule has 0 aliphatic carbocycles. The predicted molar refractivity (Wildman–Crippen MR) is 74.9 cm³/mol. The Kier molecular flexibility index (Phi) is 7.58. The van der Waals surface area contributed by atoms with Crippen molar-refractivity contribution < 1.29 is 18.3 Å². The summed E-state index contributed by atoms with van der Waals surface area (Å²) in [6.45, 7) is 6.35. The molecule has 0 N–H and O–H groups in total. The van der Waals surface area contributed by atoms with Crippen molar-refractivity contribution in [3.05, 3.63) is 22.1 Å². The molecule has 0 aromatic carbocycles. The summed E-state index contributed by atoms with van der Waals surface area (Å²) in [5, 5.41) is 0. The molecule has 20 heavy (non-hydrogen) atoms. The van der Waals surface area contributed by atoms with Gasteiger partial charge in [0.15, 0.2) is 11.5 Å². The van der Waals surface area contributed by atoms with Crippen molar-refractivity contribution in [3.63, 3.8) is 0 Å². The van der Waals surface area contributed by atoms with Crippen molar-refractivity contribution in [3.8, 4) is 0 Å². The number of rotatable bonds is 10. The van der Waals surface area contributed by atoms with Gasteiger partial charge in [0, 0.05) is 19.6 Å². The number of aryl methyl sites for hydroxylation is 1. The Hall–Kier alpha value is -1.11. The Morgan fingerprint density at radius 3 is 2.50 bits per heavy atom. The van der Waals surface area contributed by atoms with E-state index in [0.717, 1.165) is 13.0 Å². The van der Waals surface area contributed by atoms with Crippen LogP contribution < -0.4 is 5.82 Å². The third-order valence-corrected chi connectivity index (χ3v) is 2.65. The molecule has 0 amide bonds. The van der Waals surface area contributed by atoms with Crippen molar-refractivity contribution in [1.29, 1.82) is 0 Å². The van der Waals surface area contributed by atoms with Crippen molar-refractivity contribution in [2.24, 2.45) is 0 Å². The summed E-state index contributed by atoms with van der Waals surface area (Å²) in [6.07, 6.45) is 1.48. The zero-order valence-electron chi connectivity index (χ0n) is 12.8. The SMILES string of the molecule is CC(C)OCc1oc(=O)oc1CCCOCCN(C)C. The zero-order valence-corrected chi connectivity index (χ0v) is 12.8. The Morgan fingerprint density at radius 1 is 1.15 bits per heavy atom. The summed E-state index contributed by atoms with van der Waals surface area (Å²) < 4.78 is 20.9. The smallest absolute Gasteiger partial charge is 0.396 e. The first-order chi connectivity index (χ1) is 9.49. The molecule has 6 nitrogen and oxygen atoms in total. The average Bonchev–Trinajstić information content (AvgIpc) is 2.71. The van der Waals surface area contributed by atoms with E-state index in [1.807, 2.05) is 27.9 Å². The van der Waals surface area contributed by atoms with Crippen LogP contribution in [-0.4, -0.2) is 44.9 Å². The molecular weight excluding hydrogens is 262 g/mol. The molecule has 0 unspecified atom stereocenters.